The van der Waals surface area contributed by atoms with Gasteiger partial charge in [0, 0.05) is 6.07 Å². The van der Waals surface area contributed by atoms with E-state index in [0.717, 1.165) is 12.1 Å². The number of rotatable bonds is 8. The first-order valence-corrected chi connectivity index (χ1v) is 6.47. The number of aromatic carboxylic acids is 1. The summed E-state index contributed by atoms with van der Waals surface area (Å²) in [6.07, 6.45) is -3.00. The van der Waals surface area contributed by atoms with E-state index in [4.69, 9.17) is 21.1 Å². The predicted molar refractivity (Wildman–Crippen MR) is 76.8 cm³/mol. The number of hydrogen-bond acceptors (Lipinski definition) is 8. The summed E-state index contributed by atoms with van der Waals surface area (Å²) in [5.74, 6) is -6.09. The van der Waals surface area contributed by atoms with Crippen molar-refractivity contribution in [2.24, 2.45) is 5.73 Å². The van der Waals surface area contributed by atoms with Gasteiger partial charge in [-0.15, -0.1) is 0 Å². The molecule has 1 aromatic carbocycles. The molecular formula is C13H12N2O10. The van der Waals surface area contributed by atoms with Crippen molar-refractivity contribution in [1.29, 1.82) is 0 Å². The van der Waals surface area contributed by atoms with Gasteiger partial charge in [0.15, 0.2) is 0 Å². The summed E-state index contributed by atoms with van der Waals surface area (Å²) in [4.78, 5) is 54.4. The van der Waals surface area contributed by atoms with Gasteiger partial charge in [-0.1, -0.05) is 0 Å². The maximum atomic E-state index is 11.6. The van der Waals surface area contributed by atoms with Crippen molar-refractivity contribution in [3.63, 3.8) is 0 Å². The number of nitrogens with zero attached hydrogens (tertiary/aromatic N) is 1. The van der Waals surface area contributed by atoms with E-state index < -0.39 is 64.2 Å². The lowest BCUT2D eigenvalue weighted by Gasteiger charge is -2.15. The van der Waals surface area contributed by atoms with E-state index in [9.17, 15) is 29.3 Å². The van der Waals surface area contributed by atoms with Crippen molar-refractivity contribution in [2.45, 2.75) is 18.6 Å². The summed E-state index contributed by atoms with van der Waals surface area (Å²) in [5.41, 5.74) is 3.17. The van der Waals surface area contributed by atoms with E-state index in [2.05, 4.69) is 4.74 Å². The standard InChI is InChI=1S/C13H12N2O10/c14-7(12(19)20)4-9(16)25-10(13(21)22)6-2-1-5(11(17)18)3-8(6)15(23)24/h1-3,7,10H,4,14H2,(H,17,18)(H,19,20)(H,21,22)/t7-,10?/m1/s1. The van der Waals surface area contributed by atoms with Gasteiger partial charge in [0.25, 0.3) is 5.69 Å². The molecule has 0 aliphatic heterocycles. The molecule has 0 saturated carbocycles. The second-order valence-electron chi connectivity index (χ2n) is 4.69. The number of esters is 1. The van der Waals surface area contributed by atoms with Gasteiger partial charge in [0.1, 0.15) is 6.04 Å². The molecule has 0 aromatic heterocycles. The molecule has 1 unspecified atom stereocenters. The lowest BCUT2D eigenvalue weighted by Crippen LogP contribution is -2.34. The highest BCUT2D eigenvalue weighted by molar-refractivity contribution is 5.89. The van der Waals surface area contributed by atoms with E-state index in [-0.39, 0.29) is 0 Å². The molecule has 2 atom stereocenters. The molecule has 0 fully saturated rings. The van der Waals surface area contributed by atoms with Crippen LogP contribution < -0.4 is 5.73 Å². The van der Waals surface area contributed by atoms with Crippen LogP contribution in [0.1, 0.15) is 28.4 Å². The van der Waals surface area contributed by atoms with Gasteiger partial charge in [-0.2, -0.15) is 0 Å². The number of benzene rings is 1. The molecule has 0 heterocycles. The topological polar surface area (TPSA) is 207 Å². The fraction of sp³-hybridized carbons (Fsp3) is 0.231. The maximum absolute atomic E-state index is 11.6. The maximum Gasteiger partial charge on any atom is 0.350 e. The summed E-state index contributed by atoms with van der Waals surface area (Å²) >= 11 is 0. The molecule has 12 nitrogen and oxygen atoms in total. The summed E-state index contributed by atoms with van der Waals surface area (Å²) < 4.78 is 4.58. The number of nitro benzene ring substituents is 1. The van der Waals surface area contributed by atoms with Crippen LogP contribution in [0.4, 0.5) is 5.69 Å². The minimum atomic E-state index is -2.14. The average Bonchev–Trinajstić information content (AvgIpc) is 2.51. The van der Waals surface area contributed by atoms with Crippen LogP contribution in [-0.4, -0.2) is 50.2 Å². The van der Waals surface area contributed by atoms with Crippen molar-refractivity contribution < 1.29 is 44.2 Å². The van der Waals surface area contributed by atoms with Gasteiger partial charge in [-0.25, -0.2) is 9.59 Å². The van der Waals surface area contributed by atoms with E-state index >= 15 is 0 Å². The zero-order valence-corrected chi connectivity index (χ0v) is 12.3. The van der Waals surface area contributed by atoms with Gasteiger partial charge in [0.2, 0.25) is 6.10 Å². The monoisotopic (exact) mass is 356 g/mol. The van der Waals surface area contributed by atoms with Crippen LogP contribution in [0.15, 0.2) is 18.2 Å². The van der Waals surface area contributed by atoms with Gasteiger partial charge in [0.05, 0.1) is 22.5 Å². The van der Waals surface area contributed by atoms with Crippen LogP contribution in [0, 0.1) is 10.1 Å². The van der Waals surface area contributed by atoms with E-state index in [1.165, 1.54) is 0 Å². The Kier molecular flexibility index (Phi) is 6.11. The largest absolute Gasteiger partial charge is 0.480 e. The first-order valence-electron chi connectivity index (χ1n) is 6.47. The second kappa shape index (κ2) is 7.83. The van der Waals surface area contributed by atoms with Crippen molar-refractivity contribution in [3.05, 3.63) is 39.4 Å². The van der Waals surface area contributed by atoms with Crippen LogP contribution >= 0.6 is 0 Å². The number of nitrogens with two attached hydrogens (primary N) is 1. The summed E-state index contributed by atoms with van der Waals surface area (Å²) in [6.45, 7) is 0. The molecule has 0 bridgehead atoms. The lowest BCUT2D eigenvalue weighted by molar-refractivity contribution is -0.386. The number of nitro groups is 1. The van der Waals surface area contributed by atoms with Crippen LogP contribution in [0.3, 0.4) is 0 Å². The predicted octanol–water partition coefficient (Wildman–Crippen LogP) is -0.236. The van der Waals surface area contributed by atoms with Crippen LogP contribution in [0.2, 0.25) is 0 Å². The average molecular weight is 356 g/mol. The molecular weight excluding hydrogens is 344 g/mol. The van der Waals surface area contributed by atoms with Crippen LogP contribution in [0.5, 0.6) is 0 Å². The summed E-state index contributed by atoms with van der Waals surface area (Å²) in [5, 5.41) is 37.6. The third-order valence-corrected chi connectivity index (χ3v) is 2.93. The number of carboxylic acid groups (broad SMARTS) is 3. The molecule has 0 radical (unpaired) electrons. The molecule has 0 aliphatic rings. The number of carbonyl (C=O) groups is 4. The van der Waals surface area contributed by atoms with E-state index in [1.807, 2.05) is 0 Å². The number of hydrogen-bond donors (Lipinski definition) is 4. The van der Waals surface area contributed by atoms with Crippen LogP contribution in [0.25, 0.3) is 0 Å². The molecule has 134 valence electrons. The normalized spacial score (nSPS) is 12.7. The van der Waals surface area contributed by atoms with Gasteiger partial charge < -0.3 is 25.8 Å². The number of ether oxygens (including phenoxy) is 1. The molecule has 1 rings (SSSR count). The Balaban J connectivity index is 3.20. The summed E-state index contributed by atoms with van der Waals surface area (Å²) in [7, 11) is 0. The smallest absolute Gasteiger partial charge is 0.350 e. The van der Waals surface area contributed by atoms with Gasteiger partial charge >= 0.3 is 23.9 Å². The molecule has 0 spiro atoms. The highest BCUT2D eigenvalue weighted by Crippen LogP contribution is 2.29. The Bertz CT molecular complexity index is 744. The summed E-state index contributed by atoms with van der Waals surface area (Å²) in [6, 6.07) is 0.693. The van der Waals surface area contributed by atoms with Crippen molar-refractivity contribution in [2.75, 3.05) is 0 Å². The fourth-order valence-electron chi connectivity index (χ4n) is 1.75. The molecule has 0 saturated heterocycles. The molecule has 0 aliphatic carbocycles. The number of carboxylic acids is 3. The molecule has 1 aromatic rings. The van der Waals surface area contributed by atoms with Gasteiger partial charge in [-0.3, -0.25) is 19.7 Å². The van der Waals surface area contributed by atoms with E-state index in [1.54, 1.807) is 0 Å². The third kappa shape index (κ3) is 4.97. The Hall–Kier alpha value is -3.54. The highest BCUT2D eigenvalue weighted by atomic mass is 16.6. The van der Waals surface area contributed by atoms with E-state index in [0.29, 0.717) is 6.07 Å². The Morgan fingerprint density at radius 2 is 1.76 bits per heavy atom. The minimum absolute atomic E-state index is 0.473. The third-order valence-electron chi connectivity index (χ3n) is 2.93. The minimum Gasteiger partial charge on any atom is -0.480 e. The fourth-order valence-corrected chi connectivity index (χ4v) is 1.75. The number of aliphatic carboxylic acids is 2. The molecule has 12 heteroatoms. The SMILES string of the molecule is N[C@H](CC(=O)OC(C(=O)O)c1ccc(C(=O)O)cc1[N+](=O)[O-])C(=O)O. The quantitative estimate of drug-likeness (QED) is 0.271. The zero-order chi connectivity index (χ0) is 19.3. The number of carbonyl (C=O) groups excluding carboxylic acids is 1. The zero-order valence-electron chi connectivity index (χ0n) is 12.3. The Labute approximate surface area is 138 Å². The Morgan fingerprint density at radius 3 is 2.20 bits per heavy atom. The van der Waals surface area contributed by atoms with Crippen molar-refractivity contribution >= 4 is 29.6 Å². The second-order valence-corrected chi connectivity index (χ2v) is 4.69. The molecule has 5 N–H and O–H groups in total. The Morgan fingerprint density at radius 1 is 1.16 bits per heavy atom. The molecule has 0 amide bonds. The van der Waals surface area contributed by atoms with Crippen molar-refractivity contribution in [3.8, 4) is 0 Å². The molecule has 25 heavy (non-hydrogen) atoms. The van der Waals surface area contributed by atoms with Gasteiger partial charge in [-0.05, 0) is 12.1 Å². The lowest BCUT2D eigenvalue weighted by atomic mass is 10.0. The first kappa shape index (κ1) is 19.5. The van der Waals surface area contributed by atoms with Crippen molar-refractivity contribution in [1.82, 2.24) is 0 Å². The highest BCUT2D eigenvalue weighted by Gasteiger charge is 2.33. The first-order chi connectivity index (χ1) is 11.5. The van der Waals surface area contributed by atoms with Crippen LogP contribution in [-0.2, 0) is 19.1 Å².